The van der Waals surface area contributed by atoms with Crippen molar-refractivity contribution in [1.82, 2.24) is 9.88 Å². The molecule has 1 aromatic heterocycles. The van der Waals surface area contributed by atoms with Gasteiger partial charge in [-0.05, 0) is 37.9 Å². The molecule has 3 N–H and O–H groups in total. The van der Waals surface area contributed by atoms with E-state index in [1.54, 1.807) is 6.20 Å². The van der Waals surface area contributed by atoms with Gasteiger partial charge in [0.05, 0.1) is 0 Å². The third kappa shape index (κ3) is 3.89. The molecule has 0 bridgehead atoms. The highest BCUT2D eigenvalue weighted by Crippen LogP contribution is 2.12. The summed E-state index contributed by atoms with van der Waals surface area (Å²) in [4.78, 5) is 6.53. The Morgan fingerprint density at radius 1 is 1.47 bits per heavy atom. The highest BCUT2D eigenvalue weighted by atomic mass is 15.1. The molecule has 1 aliphatic rings. The van der Waals surface area contributed by atoms with Crippen molar-refractivity contribution in [1.29, 1.82) is 0 Å². The van der Waals surface area contributed by atoms with Crippen LogP contribution in [0.5, 0.6) is 0 Å². The Morgan fingerprint density at radius 2 is 2.24 bits per heavy atom. The molecule has 1 saturated heterocycles. The number of likely N-dealkylation sites (tertiary alicyclic amines) is 1. The van der Waals surface area contributed by atoms with Crippen LogP contribution in [0.3, 0.4) is 0 Å². The van der Waals surface area contributed by atoms with Crippen molar-refractivity contribution >= 4 is 11.5 Å². The summed E-state index contributed by atoms with van der Waals surface area (Å²) < 4.78 is 0. The zero-order chi connectivity index (χ0) is 12.1. The van der Waals surface area contributed by atoms with Gasteiger partial charge in [0.15, 0.2) is 0 Å². The number of nitrogens with zero attached hydrogens (tertiary/aromatic N) is 2. The van der Waals surface area contributed by atoms with Gasteiger partial charge < -0.3 is 16.0 Å². The molecular formula is C13H22N4. The summed E-state index contributed by atoms with van der Waals surface area (Å²) in [7, 11) is 0. The number of pyridine rings is 1. The summed E-state index contributed by atoms with van der Waals surface area (Å²) in [5, 5.41) is 3.41. The van der Waals surface area contributed by atoms with Gasteiger partial charge in [-0.2, -0.15) is 0 Å². The number of anilines is 2. The first-order valence-electron chi connectivity index (χ1n) is 6.42. The van der Waals surface area contributed by atoms with E-state index in [-0.39, 0.29) is 0 Å². The second-order valence-electron chi connectivity index (χ2n) is 4.96. The zero-order valence-electron chi connectivity index (χ0n) is 10.5. The molecule has 0 saturated carbocycles. The number of rotatable bonds is 5. The maximum absolute atomic E-state index is 5.64. The van der Waals surface area contributed by atoms with Gasteiger partial charge in [0, 0.05) is 31.0 Å². The average molecular weight is 234 g/mol. The fraction of sp³-hybridized carbons (Fsp3) is 0.615. The van der Waals surface area contributed by atoms with Crippen LogP contribution in [0.25, 0.3) is 0 Å². The summed E-state index contributed by atoms with van der Waals surface area (Å²) in [6.07, 6.45) is 4.46. The number of nitrogens with two attached hydrogens (primary N) is 1. The summed E-state index contributed by atoms with van der Waals surface area (Å²) in [6, 6.07) is 3.83. The van der Waals surface area contributed by atoms with Gasteiger partial charge in [0.25, 0.3) is 0 Å². The van der Waals surface area contributed by atoms with Crippen LogP contribution in [0, 0.1) is 5.92 Å². The first-order chi connectivity index (χ1) is 8.24. The van der Waals surface area contributed by atoms with E-state index in [1.165, 1.54) is 32.5 Å². The number of nitrogens with one attached hydrogen (secondary N) is 1. The zero-order valence-corrected chi connectivity index (χ0v) is 10.5. The predicted octanol–water partition coefficient (Wildman–Crippen LogP) is 1.81. The smallest absolute Gasteiger partial charge is 0.125 e. The molecule has 1 aromatic rings. The fourth-order valence-corrected chi connectivity index (χ4v) is 2.32. The van der Waals surface area contributed by atoms with Crippen LogP contribution < -0.4 is 11.1 Å². The van der Waals surface area contributed by atoms with Gasteiger partial charge in [0.2, 0.25) is 0 Å². The molecule has 0 spiro atoms. The topological polar surface area (TPSA) is 54.2 Å². The molecule has 1 unspecified atom stereocenters. The summed E-state index contributed by atoms with van der Waals surface area (Å²) in [6.45, 7) is 7.00. The fourth-order valence-electron chi connectivity index (χ4n) is 2.32. The van der Waals surface area contributed by atoms with Crippen molar-refractivity contribution in [3.8, 4) is 0 Å². The van der Waals surface area contributed by atoms with E-state index >= 15 is 0 Å². The van der Waals surface area contributed by atoms with Crippen LogP contribution in [0.2, 0.25) is 0 Å². The van der Waals surface area contributed by atoms with E-state index in [2.05, 4.69) is 22.1 Å². The lowest BCUT2D eigenvalue weighted by Crippen LogP contribution is -2.28. The third-order valence-corrected chi connectivity index (χ3v) is 3.20. The molecule has 0 aromatic carbocycles. The van der Waals surface area contributed by atoms with Crippen molar-refractivity contribution in [2.45, 2.75) is 19.8 Å². The minimum Gasteiger partial charge on any atom is -0.385 e. The molecule has 0 amide bonds. The largest absolute Gasteiger partial charge is 0.385 e. The van der Waals surface area contributed by atoms with E-state index in [0.29, 0.717) is 11.7 Å². The van der Waals surface area contributed by atoms with Crippen LogP contribution in [-0.4, -0.2) is 36.1 Å². The Balaban J connectivity index is 1.73. The van der Waals surface area contributed by atoms with Gasteiger partial charge >= 0.3 is 0 Å². The molecule has 0 radical (unpaired) electrons. The Kier molecular flexibility index (Phi) is 4.20. The lowest BCUT2D eigenvalue weighted by molar-refractivity contribution is 0.294. The van der Waals surface area contributed by atoms with Gasteiger partial charge in [0.1, 0.15) is 5.82 Å². The van der Waals surface area contributed by atoms with E-state index in [4.69, 9.17) is 5.73 Å². The van der Waals surface area contributed by atoms with Gasteiger partial charge in [-0.1, -0.05) is 6.92 Å². The summed E-state index contributed by atoms with van der Waals surface area (Å²) in [5.41, 5.74) is 6.70. The molecule has 17 heavy (non-hydrogen) atoms. The molecule has 0 aliphatic carbocycles. The van der Waals surface area contributed by atoms with Crippen LogP contribution >= 0.6 is 0 Å². The lowest BCUT2D eigenvalue weighted by Gasteiger charge is -2.20. The highest BCUT2D eigenvalue weighted by Gasteiger charge is 2.14. The first-order valence-corrected chi connectivity index (χ1v) is 6.42. The van der Waals surface area contributed by atoms with Crippen LogP contribution in [0.1, 0.15) is 19.8 Å². The van der Waals surface area contributed by atoms with Gasteiger partial charge in [-0.15, -0.1) is 0 Å². The average Bonchev–Trinajstić information content (AvgIpc) is 2.79. The van der Waals surface area contributed by atoms with Gasteiger partial charge in [-0.3, -0.25) is 0 Å². The predicted molar refractivity (Wildman–Crippen MR) is 72.0 cm³/mol. The first kappa shape index (κ1) is 12.2. The maximum atomic E-state index is 5.64. The summed E-state index contributed by atoms with van der Waals surface area (Å²) >= 11 is 0. The molecule has 94 valence electrons. The van der Waals surface area contributed by atoms with Crippen LogP contribution in [0.4, 0.5) is 11.5 Å². The highest BCUT2D eigenvalue weighted by molar-refractivity contribution is 5.49. The minimum absolute atomic E-state index is 0.571. The van der Waals surface area contributed by atoms with Crippen molar-refractivity contribution in [2.75, 3.05) is 37.2 Å². The van der Waals surface area contributed by atoms with E-state index in [0.717, 1.165) is 12.2 Å². The molecule has 4 nitrogen and oxygen atoms in total. The molecule has 2 rings (SSSR count). The number of hydrogen-bond donors (Lipinski definition) is 2. The second kappa shape index (κ2) is 5.87. The number of nitrogen functional groups attached to an aromatic ring is 1. The minimum atomic E-state index is 0.571. The summed E-state index contributed by atoms with van der Waals surface area (Å²) in [5.74, 6) is 1.23. The molecular weight excluding hydrogens is 212 g/mol. The maximum Gasteiger partial charge on any atom is 0.125 e. The van der Waals surface area contributed by atoms with Crippen molar-refractivity contribution in [2.24, 2.45) is 5.92 Å². The molecule has 1 atom stereocenters. The molecule has 1 aliphatic heterocycles. The molecule has 1 fully saturated rings. The molecule has 4 heteroatoms. The Morgan fingerprint density at radius 3 is 2.94 bits per heavy atom. The Bertz CT molecular complexity index is 347. The third-order valence-electron chi connectivity index (χ3n) is 3.20. The lowest BCUT2D eigenvalue weighted by atomic mass is 10.1. The van der Waals surface area contributed by atoms with Crippen molar-refractivity contribution < 1.29 is 0 Å². The van der Waals surface area contributed by atoms with Crippen LogP contribution in [0.15, 0.2) is 18.3 Å². The monoisotopic (exact) mass is 234 g/mol. The van der Waals surface area contributed by atoms with Crippen molar-refractivity contribution in [3.05, 3.63) is 18.3 Å². The Hall–Kier alpha value is -1.29. The van der Waals surface area contributed by atoms with Crippen molar-refractivity contribution in [3.63, 3.8) is 0 Å². The van der Waals surface area contributed by atoms with E-state index < -0.39 is 0 Å². The second-order valence-corrected chi connectivity index (χ2v) is 4.96. The quantitative estimate of drug-likeness (QED) is 0.816. The van der Waals surface area contributed by atoms with E-state index in [1.807, 2.05) is 12.1 Å². The van der Waals surface area contributed by atoms with Crippen LogP contribution in [-0.2, 0) is 0 Å². The van der Waals surface area contributed by atoms with Gasteiger partial charge in [-0.25, -0.2) is 4.98 Å². The van der Waals surface area contributed by atoms with E-state index in [9.17, 15) is 0 Å². The Labute approximate surface area is 103 Å². The SMILES string of the molecule is CC(CNc1ccnc(N)c1)CN1CCCC1. The molecule has 2 heterocycles. The standard InChI is InChI=1S/C13H22N4/c1-11(10-17-6-2-3-7-17)9-16-12-4-5-15-13(14)8-12/h4-5,8,11H,2-3,6-7,9-10H2,1H3,(H3,14,15,16). The number of hydrogen-bond acceptors (Lipinski definition) is 4. The number of aromatic nitrogens is 1. The normalized spacial score (nSPS) is 18.2.